The molecule has 1 N–H and O–H groups in total. The Morgan fingerprint density at radius 1 is 1.28 bits per heavy atom. The molecule has 0 aromatic heterocycles. The van der Waals surface area contributed by atoms with Crippen LogP contribution in [-0.2, 0) is 4.74 Å². The van der Waals surface area contributed by atoms with Crippen molar-refractivity contribution < 1.29 is 4.74 Å². The smallest absolute Gasteiger partial charge is 0.0702 e. The Kier molecular flexibility index (Phi) is 5.46. The van der Waals surface area contributed by atoms with Gasteiger partial charge in [0, 0.05) is 25.2 Å². The van der Waals surface area contributed by atoms with E-state index in [2.05, 4.69) is 31.2 Å². The average molecular weight is 254 g/mol. The van der Waals surface area contributed by atoms with Gasteiger partial charge in [-0.25, -0.2) is 0 Å². The molecule has 3 nitrogen and oxygen atoms in total. The first-order valence-corrected chi connectivity index (χ1v) is 7.73. The van der Waals surface area contributed by atoms with Crippen LogP contribution in [0, 0.1) is 5.92 Å². The van der Waals surface area contributed by atoms with Gasteiger partial charge in [-0.15, -0.1) is 0 Å². The van der Waals surface area contributed by atoms with Gasteiger partial charge in [0.2, 0.25) is 0 Å². The fourth-order valence-corrected chi connectivity index (χ4v) is 3.67. The van der Waals surface area contributed by atoms with Crippen molar-refractivity contribution in [3.8, 4) is 0 Å². The molecule has 4 unspecified atom stereocenters. The summed E-state index contributed by atoms with van der Waals surface area (Å²) in [7, 11) is 4.40. The van der Waals surface area contributed by atoms with Gasteiger partial charge in [-0.2, -0.15) is 0 Å². The lowest BCUT2D eigenvalue weighted by molar-refractivity contribution is 0.0452. The Morgan fingerprint density at radius 3 is 2.72 bits per heavy atom. The number of nitrogens with zero attached hydrogens (tertiary/aromatic N) is 1. The highest BCUT2D eigenvalue weighted by atomic mass is 16.5. The fourth-order valence-electron chi connectivity index (χ4n) is 3.67. The van der Waals surface area contributed by atoms with Crippen molar-refractivity contribution in [2.24, 2.45) is 5.92 Å². The third kappa shape index (κ3) is 3.46. The van der Waals surface area contributed by atoms with Crippen molar-refractivity contribution in [1.82, 2.24) is 10.2 Å². The van der Waals surface area contributed by atoms with Crippen LogP contribution in [0.3, 0.4) is 0 Å². The number of rotatable bonds is 5. The minimum atomic E-state index is 0.481. The zero-order chi connectivity index (χ0) is 13.0. The van der Waals surface area contributed by atoms with E-state index in [9.17, 15) is 0 Å². The van der Waals surface area contributed by atoms with Gasteiger partial charge in [0.1, 0.15) is 0 Å². The Hall–Kier alpha value is -0.120. The fraction of sp³-hybridized carbons (Fsp3) is 1.00. The van der Waals surface area contributed by atoms with E-state index in [0.717, 1.165) is 19.1 Å². The molecule has 1 heterocycles. The van der Waals surface area contributed by atoms with Gasteiger partial charge in [0.25, 0.3) is 0 Å². The molecule has 2 rings (SSSR count). The van der Waals surface area contributed by atoms with Crippen LogP contribution in [0.15, 0.2) is 0 Å². The number of likely N-dealkylation sites (N-methyl/N-ethyl adjacent to an activating group) is 2. The Morgan fingerprint density at radius 2 is 2.11 bits per heavy atom. The van der Waals surface area contributed by atoms with Crippen LogP contribution in [0.1, 0.15) is 45.4 Å². The molecule has 0 aromatic carbocycles. The molecule has 4 atom stereocenters. The summed E-state index contributed by atoms with van der Waals surface area (Å²) >= 11 is 0. The Labute approximate surface area is 112 Å². The number of hydrogen-bond acceptors (Lipinski definition) is 3. The van der Waals surface area contributed by atoms with Crippen LogP contribution in [0.25, 0.3) is 0 Å². The molecule has 106 valence electrons. The third-order valence-corrected chi connectivity index (χ3v) is 4.96. The molecule has 0 amide bonds. The maximum absolute atomic E-state index is 5.77. The molecule has 2 fully saturated rings. The van der Waals surface area contributed by atoms with E-state index in [0.29, 0.717) is 18.2 Å². The maximum atomic E-state index is 5.77. The first kappa shape index (κ1) is 14.3. The van der Waals surface area contributed by atoms with Crippen LogP contribution in [0.5, 0.6) is 0 Å². The van der Waals surface area contributed by atoms with E-state index in [1.165, 1.54) is 38.5 Å². The molecule has 0 bridgehead atoms. The molecule has 1 aliphatic carbocycles. The van der Waals surface area contributed by atoms with E-state index < -0.39 is 0 Å². The normalized spacial score (nSPS) is 37.3. The monoisotopic (exact) mass is 254 g/mol. The highest BCUT2D eigenvalue weighted by molar-refractivity contribution is 4.90. The molecule has 0 aromatic rings. The lowest BCUT2D eigenvalue weighted by atomic mass is 9.80. The lowest BCUT2D eigenvalue weighted by Crippen LogP contribution is -2.52. The van der Waals surface area contributed by atoms with Crippen LogP contribution in [-0.4, -0.2) is 50.3 Å². The lowest BCUT2D eigenvalue weighted by Gasteiger charge is -2.41. The summed E-state index contributed by atoms with van der Waals surface area (Å²) in [4.78, 5) is 2.55. The Balaban J connectivity index is 1.89. The molecule has 3 heteroatoms. The third-order valence-electron chi connectivity index (χ3n) is 4.96. The quantitative estimate of drug-likeness (QED) is 0.814. The number of hydrogen-bond donors (Lipinski definition) is 1. The minimum absolute atomic E-state index is 0.481. The maximum Gasteiger partial charge on any atom is 0.0702 e. The van der Waals surface area contributed by atoms with Crippen LogP contribution < -0.4 is 5.32 Å². The summed E-state index contributed by atoms with van der Waals surface area (Å²) in [5, 5.41) is 3.52. The standard InChI is InChI=1S/C15H30N2O/c1-4-12-7-8-14(16-2)15(10-12)17(3)11-13-6-5-9-18-13/h12-16H,4-11H2,1-3H3. The molecule has 0 spiro atoms. The van der Waals surface area contributed by atoms with Gasteiger partial charge in [0.15, 0.2) is 0 Å². The SMILES string of the molecule is CCC1CCC(NC)C(N(C)CC2CCCO2)C1. The van der Waals surface area contributed by atoms with Crippen LogP contribution in [0.4, 0.5) is 0 Å². The van der Waals surface area contributed by atoms with E-state index in [-0.39, 0.29) is 0 Å². The minimum Gasteiger partial charge on any atom is -0.377 e. The second-order valence-corrected chi connectivity index (χ2v) is 6.12. The summed E-state index contributed by atoms with van der Waals surface area (Å²) in [6.07, 6.45) is 8.39. The van der Waals surface area contributed by atoms with Crippen LogP contribution >= 0.6 is 0 Å². The molecule has 1 saturated heterocycles. The molecular formula is C15H30N2O. The van der Waals surface area contributed by atoms with Crippen molar-refractivity contribution in [3.05, 3.63) is 0 Å². The van der Waals surface area contributed by atoms with E-state index in [1.54, 1.807) is 0 Å². The largest absolute Gasteiger partial charge is 0.377 e. The molecule has 1 aliphatic heterocycles. The van der Waals surface area contributed by atoms with Crippen molar-refractivity contribution in [2.45, 2.75) is 63.6 Å². The van der Waals surface area contributed by atoms with Gasteiger partial charge in [-0.1, -0.05) is 13.3 Å². The van der Waals surface area contributed by atoms with Crippen molar-refractivity contribution in [1.29, 1.82) is 0 Å². The van der Waals surface area contributed by atoms with Crippen molar-refractivity contribution >= 4 is 0 Å². The first-order chi connectivity index (χ1) is 8.74. The van der Waals surface area contributed by atoms with Crippen LogP contribution in [0.2, 0.25) is 0 Å². The van der Waals surface area contributed by atoms with Gasteiger partial charge >= 0.3 is 0 Å². The molecule has 0 radical (unpaired) electrons. The molecule has 1 saturated carbocycles. The second-order valence-electron chi connectivity index (χ2n) is 6.12. The van der Waals surface area contributed by atoms with Crippen molar-refractivity contribution in [3.63, 3.8) is 0 Å². The van der Waals surface area contributed by atoms with E-state index in [1.807, 2.05) is 0 Å². The first-order valence-electron chi connectivity index (χ1n) is 7.73. The average Bonchev–Trinajstić information content (AvgIpc) is 2.90. The van der Waals surface area contributed by atoms with Gasteiger partial charge in [-0.3, -0.25) is 4.90 Å². The van der Waals surface area contributed by atoms with Crippen molar-refractivity contribution in [2.75, 3.05) is 27.2 Å². The predicted octanol–water partition coefficient (Wildman–Crippen LogP) is 2.26. The Bertz CT molecular complexity index is 241. The van der Waals surface area contributed by atoms with Gasteiger partial charge in [0.05, 0.1) is 6.10 Å². The van der Waals surface area contributed by atoms with Gasteiger partial charge < -0.3 is 10.1 Å². The van der Waals surface area contributed by atoms with E-state index >= 15 is 0 Å². The summed E-state index contributed by atoms with van der Waals surface area (Å²) in [6.45, 7) is 4.41. The zero-order valence-corrected chi connectivity index (χ0v) is 12.3. The summed E-state index contributed by atoms with van der Waals surface area (Å²) < 4.78 is 5.77. The topological polar surface area (TPSA) is 24.5 Å². The predicted molar refractivity (Wildman–Crippen MR) is 75.9 cm³/mol. The molecular weight excluding hydrogens is 224 g/mol. The summed E-state index contributed by atoms with van der Waals surface area (Å²) in [6, 6.07) is 1.36. The molecule has 18 heavy (non-hydrogen) atoms. The second kappa shape index (κ2) is 6.88. The number of nitrogens with one attached hydrogen (secondary N) is 1. The highest BCUT2D eigenvalue weighted by Gasteiger charge is 2.32. The highest BCUT2D eigenvalue weighted by Crippen LogP contribution is 2.30. The molecule has 2 aliphatic rings. The summed E-state index contributed by atoms with van der Waals surface area (Å²) in [5.74, 6) is 0.923. The summed E-state index contributed by atoms with van der Waals surface area (Å²) in [5.41, 5.74) is 0. The van der Waals surface area contributed by atoms with Gasteiger partial charge in [-0.05, 0) is 52.1 Å². The number of ether oxygens (including phenoxy) is 1. The zero-order valence-electron chi connectivity index (χ0n) is 12.3. The van der Waals surface area contributed by atoms with E-state index in [4.69, 9.17) is 4.74 Å².